The molecule has 0 unspecified atom stereocenters. The van der Waals surface area contributed by atoms with E-state index in [1.807, 2.05) is 6.92 Å². The average molecular weight is 575 g/mol. The third kappa shape index (κ3) is 8.56. The third-order valence-electron chi connectivity index (χ3n) is 7.09. The summed E-state index contributed by atoms with van der Waals surface area (Å²) in [6.07, 6.45) is 0.157. The molecule has 2 aromatic rings. The second kappa shape index (κ2) is 16.2. The Labute approximate surface area is 241 Å². The van der Waals surface area contributed by atoms with Crippen LogP contribution in [-0.4, -0.2) is 119 Å². The van der Waals surface area contributed by atoms with Crippen LogP contribution in [0.25, 0.3) is 0 Å². The molecule has 0 aromatic heterocycles. The van der Waals surface area contributed by atoms with E-state index in [1.165, 1.54) is 7.11 Å². The SMILES string of the molecule is CCc1c(O)cc(O)c(C(=O)c2ccc(OCCN3CCOCC3)c(OC)c2)c1CC(=O)N(CCOC)CCOC. The summed E-state index contributed by atoms with van der Waals surface area (Å²) in [6, 6.07) is 5.96. The zero-order valence-electron chi connectivity index (χ0n) is 24.4. The molecule has 0 aliphatic carbocycles. The van der Waals surface area contributed by atoms with Gasteiger partial charge in [-0.2, -0.15) is 0 Å². The zero-order valence-corrected chi connectivity index (χ0v) is 24.4. The fourth-order valence-corrected chi connectivity index (χ4v) is 4.80. The first kappa shape index (κ1) is 32.1. The molecule has 0 spiro atoms. The van der Waals surface area contributed by atoms with Crippen LogP contribution < -0.4 is 9.47 Å². The summed E-state index contributed by atoms with van der Waals surface area (Å²) in [7, 11) is 4.59. The summed E-state index contributed by atoms with van der Waals surface area (Å²) in [4.78, 5) is 31.0. The average Bonchev–Trinajstić information content (AvgIpc) is 2.97. The van der Waals surface area contributed by atoms with Crippen molar-refractivity contribution in [1.82, 2.24) is 9.80 Å². The molecule has 41 heavy (non-hydrogen) atoms. The Balaban J connectivity index is 1.88. The summed E-state index contributed by atoms with van der Waals surface area (Å²) < 4.78 is 27.1. The summed E-state index contributed by atoms with van der Waals surface area (Å²) in [5, 5.41) is 21.5. The van der Waals surface area contributed by atoms with Crippen LogP contribution in [0, 0.1) is 0 Å². The molecule has 1 amide bonds. The van der Waals surface area contributed by atoms with Crippen LogP contribution in [0.4, 0.5) is 0 Å². The molecule has 1 fully saturated rings. The van der Waals surface area contributed by atoms with E-state index in [1.54, 1.807) is 37.3 Å². The molecule has 11 heteroatoms. The number of phenolic OH excluding ortho intramolecular Hbond substituents is 2. The number of aromatic hydroxyl groups is 2. The second-order valence-electron chi connectivity index (χ2n) is 9.64. The highest BCUT2D eigenvalue weighted by Crippen LogP contribution is 2.36. The second-order valence-corrected chi connectivity index (χ2v) is 9.64. The molecule has 0 bridgehead atoms. The van der Waals surface area contributed by atoms with Crippen LogP contribution in [0.2, 0.25) is 0 Å². The van der Waals surface area contributed by atoms with E-state index in [9.17, 15) is 19.8 Å². The number of ketones is 1. The van der Waals surface area contributed by atoms with E-state index in [0.717, 1.165) is 25.7 Å². The smallest absolute Gasteiger partial charge is 0.227 e. The molecule has 2 N–H and O–H groups in total. The van der Waals surface area contributed by atoms with Gasteiger partial charge in [0.05, 0.1) is 45.5 Å². The topological polar surface area (TPSA) is 127 Å². The summed E-state index contributed by atoms with van der Waals surface area (Å²) in [5.74, 6) is -0.504. The van der Waals surface area contributed by atoms with Gasteiger partial charge in [-0.15, -0.1) is 0 Å². The van der Waals surface area contributed by atoms with Crippen molar-refractivity contribution in [1.29, 1.82) is 0 Å². The summed E-state index contributed by atoms with van der Waals surface area (Å²) in [6.45, 7) is 7.42. The molecule has 0 radical (unpaired) electrons. The van der Waals surface area contributed by atoms with Crippen molar-refractivity contribution < 1.29 is 43.5 Å². The largest absolute Gasteiger partial charge is 0.508 e. The molecule has 1 aliphatic rings. The fourth-order valence-electron chi connectivity index (χ4n) is 4.80. The molecular weight excluding hydrogens is 532 g/mol. The van der Waals surface area contributed by atoms with E-state index in [-0.39, 0.29) is 34.8 Å². The first-order valence-corrected chi connectivity index (χ1v) is 13.8. The van der Waals surface area contributed by atoms with Crippen molar-refractivity contribution >= 4 is 11.7 Å². The van der Waals surface area contributed by atoms with E-state index in [4.69, 9.17) is 23.7 Å². The number of ether oxygens (including phenoxy) is 5. The molecule has 0 saturated carbocycles. The van der Waals surface area contributed by atoms with Gasteiger partial charge in [0.1, 0.15) is 18.1 Å². The zero-order chi connectivity index (χ0) is 29.8. The van der Waals surface area contributed by atoms with Crippen molar-refractivity contribution in [2.45, 2.75) is 19.8 Å². The Morgan fingerprint density at radius 3 is 2.22 bits per heavy atom. The quantitative estimate of drug-likeness (QED) is 0.288. The molecule has 11 nitrogen and oxygen atoms in total. The van der Waals surface area contributed by atoms with Crippen LogP contribution in [0.1, 0.15) is 34.0 Å². The molecule has 1 saturated heterocycles. The van der Waals surface area contributed by atoms with Gasteiger partial charge < -0.3 is 38.8 Å². The predicted molar refractivity (Wildman–Crippen MR) is 152 cm³/mol. The lowest BCUT2D eigenvalue weighted by atomic mass is 9.89. The van der Waals surface area contributed by atoms with E-state index in [0.29, 0.717) is 69.6 Å². The standard InChI is InChI=1S/C30H42N2O9/c1-5-22-23(19-28(35)32(11-13-37-2)12-14-38-3)29(25(34)20-24(22)33)30(36)21-6-7-26(27(18-21)39-4)41-17-10-31-8-15-40-16-9-31/h6-7,18,20,33-34H,5,8-17,19H2,1-4H3. The number of rotatable bonds is 16. The lowest BCUT2D eigenvalue weighted by Gasteiger charge is -2.26. The Hall–Kier alpha value is -3.38. The van der Waals surface area contributed by atoms with E-state index < -0.39 is 11.5 Å². The Morgan fingerprint density at radius 1 is 0.927 bits per heavy atom. The number of methoxy groups -OCH3 is 3. The van der Waals surface area contributed by atoms with Crippen molar-refractivity contribution in [2.75, 3.05) is 87.1 Å². The van der Waals surface area contributed by atoms with Gasteiger partial charge in [0.25, 0.3) is 0 Å². The van der Waals surface area contributed by atoms with Gasteiger partial charge in [0, 0.05) is 58.6 Å². The number of phenols is 2. The summed E-state index contributed by atoms with van der Waals surface area (Å²) >= 11 is 0. The highest BCUT2D eigenvalue weighted by molar-refractivity contribution is 6.12. The van der Waals surface area contributed by atoms with Gasteiger partial charge in [0.2, 0.25) is 5.91 Å². The van der Waals surface area contributed by atoms with Crippen LogP contribution in [0.5, 0.6) is 23.0 Å². The summed E-state index contributed by atoms with van der Waals surface area (Å²) in [5.41, 5.74) is 0.918. The maximum atomic E-state index is 13.8. The minimum Gasteiger partial charge on any atom is -0.508 e. The lowest BCUT2D eigenvalue weighted by molar-refractivity contribution is -0.131. The van der Waals surface area contributed by atoms with Crippen LogP contribution in [0.3, 0.4) is 0 Å². The molecule has 0 atom stereocenters. The maximum Gasteiger partial charge on any atom is 0.227 e. The predicted octanol–water partition coefficient (Wildman–Crippen LogP) is 2.27. The van der Waals surface area contributed by atoms with Gasteiger partial charge in [-0.25, -0.2) is 0 Å². The number of amides is 1. The molecule has 1 aliphatic heterocycles. The minimum absolute atomic E-state index is 0.0329. The van der Waals surface area contributed by atoms with Gasteiger partial charge in [-0.05, 0) is 35.7 Å². The number of hydrogen-bond donors (Lipinski definition) is 2. The van der Waals surface area contributed by atoms with Crippen molar-refractivity contribution in [3.8, 4) is 23.0 Å². The van der Waals surface area contributed by atoms with Gasteiger partial charge in [-0.3, -0.25) is 14.5 Å². The molecule has 226 valence electrons. The third-order valence-corrected chi connectivity index (χ3v) is 7.09. The first-order chi connectivity index (χ1) is 19.8. The molecule has 1 heterocycles. The van der Waals surface area contributed by atoms with Gasteiger partial charge in [-0.1, -0.05) is 6.92 Å². The Kier molecular flexibility index (Phi) is 12.7. The molecule has 3 rings (SSSR count). The van der Waals surface area contributed by atoms with E-state index >= 15 is 0 Å². The van der Waals surface area contributed by atoms with Crippen LogP contribution in [0.15, 0.2) is 24.3 Å². The molecular formula is C30H42N2O9. The van der Waals surface area contributed by atoms with Crippen molar-refractivity contribution in [3.05, 3.63) is 46.5 Å². The highest BCUT2D eigenvalue weighted by atomic mass is 16.5. The Morgan fingerprint density at radius 2 is 1.61 bits per heavy atom. The fraction of sp³-hybridized carbons (Fsp3) is 0.533. The number of morpholine rings is 1. The van der Waals surface area contributed by atoms with Crippen LogP contribution in [-0.2, 0) is 31.8 Å². The Bertz CT molecular complexity index is 1160. The number of carbonyl (C=O) groups is 2. The van der Waals surface area contributed by atoms with Gasteiger partial charge >= 0.3 is 0 Å². The molecule has 2 aromatic carbocycles. The minimum atomic E-state index is -0.501. The normalized spacial score (nSPS) is 13.7. The monoisotopic (exact) mass is 574 g/mol. The maximum absolute atomic E-state index is 13.8. The van der Waals surface area contributed by atoms with Crippen LogP contribution >= 0.6 is 0 Å². The van der Waals surface area contributed by atoms with Crippen molar-refractivity contribution in [3.63, 3.8) is 0 Å². The number of hydrogen-bond acceptors (Lipinski definition) is 10. The van der Waals surface area contributed by atoms with Gasteiger partial charge in [0.15, 0.2) is 17.3 Å². The first-order valence-electron chi connectivity index (χ1n) is 13.8. The number of benzene rings is 2. The van der Waals surface area contributed by atoms with Crippen molar-refractivity contribution in [2.24, 2.45) is 0 Å². The van der Waals surface area contributed by atoms with E-state index in [2.05, 4.69) is 4.90 Å². The lowest BCUT2D eigenvalue weighted by Crippen LogP contribution is -2.38. The highest BCUT2D eigenvalue weighted by Gasteiger charge is 2.27. The number of carbonyl (C=O) groups excluding carboxylic acids is 2. The number of nitrogens with zero attached hydrogens (tertiary/aromatic N) is 2.